The Labute approximate surface area is 137 Å². The number of nitrogens with one attached hydrogen (secondary N) is 1. The lowest BCUT2D eigenvalue weighted by Crippen LogP contribution is -2.37. The molecule has 0 spiro atoms. The van der Waals surface area contributed by atoms with Crippen LogP contribution in [0, 0.1) is 11.7 Å². The van der Waals surface area contributed by atoms with Crippen LogP contribution in [0.15, 0.2) is 24.3 Å². The molecule has 0 aliphatic carbocycles. The van der Waals surface area contributed by atoms with E-state index in [4.69, 9.17) is 0 Å². The van der Waals surface area contributed by atoms with Gasteiger partial charge < -0.3 is 10.2 Å². The Morgan fingerprint density at radius 2 is 2.04 bits per heavy atom. The second-order valence-corrected chi connectivity index (χ2v) is 7.39. The summed E-state index contributed by atoms with van der Waals surface area (Å²) in [5, 5.41) is 2.66. The number of halogens is 1. The third-order valence-electron chi connectivity index (χ3n) is 3.67. The van der Waals surface area contributed by atoms with Gasteiger partial charge in [0.05, 0.1) is 0 Å². The topological polar surface area (TPSA) is 66.5 Å². The summed E-state index contributed by atoms with van der Waals surface area (Å²) in [6, 6.07) is 5.24. The Hall–Kier alpha value is -1.76. The van der Waals surface area contributed by atoms with Crippen LogP contribution in [0.3, 0.4) is 0 Å². The zero-order valence-corrected chi connectivity index (χ0v) is 13.9. The molecule has 126 valence electrons. The van der Waals surface area contributed by atoms with E-state index in [-0.39, 0.29) is 30.7 Å². The van der Waals surface area contributed by atoms with Crippen LogP contribution in [0.1, 0.15) is 23.7 Å². The van der Waals surface area contributed by atoms with E-state index in [1.807, 2.05) is 6.92 Å². The average molecular weight is 340 g/mol. The van der Waals surface area contributed by atoms with E-state index < -0.39 is 16.6 Å². The monoisotopic (exact) mass is 340 g/mol. The van der Waals surface area contributed by atoms with Gasteiger partial charge in [-0.05, 0) is 30.2 Å². The number of carbonyl (C=O) groups is 2. The van der Waals surface area contributed by atoms with E-state index >= 15 is 0 Å². The second-order valence-electron chi connectivity index (χ2n) is 5.77. The van der Waals surface area contributed by atoms with Gasteiger partial charge in [-0.15, -0.1) is 0 Å². The van der Waals surface area contributed by atoms with Crippen LogP contribution in [-0.2, 0) is 15.6 Å². The molecule has 23 heavy (non-hydrogen) atoms. The van der Waals surface area contributed by atoms with Crippen LogP contribution in [0.5, 0.6) is 0 Å². The van der Waals surface area contributed by atoms with Crippen LogP contribution in [0.25, 0.3) is 0 Å². The third kappa shape index (κ3) is 5.42. The van der Waals surface area contributed by atoms with Crippen LogP contribution >= 0.6 is 0 Å². The first-order valence-electron chi connectivity index (χ1n) is 7.62. The van der Waals surface area contributed by atoms with Crippen molar-refractivity contribution in [1.82, 2.24) is 10.2 Å². The summed E-state index contributed by atoms with van der Waals surface area (Å²) in [6.07, 6.45) is 0.201. The summed E-state index contributed by atoms with van der Waals surface area (Å²) >= 11 is 0. The fraction of sp³-hybridized carbons (Fsp3) is 0.500. The first kappa shape index (κ1) is 17.6. The van der Waals surface area contributed by atoms with Crippen molar-refractivity contribution >= 4 is 22.6 Å². The van der Waals surface area contributed by atoms with Gasteiger partial charge in [0.1, 0.15) is 5.82 Å². The van der Waals surface area contributed by atoms with Crippen LogP contribution < -0.4 is 5.32 Å². The van der Waals surface area contributed by atoms with Crippen LogP contribution in [-0.4, -0.2) is 52.1 Å². The normalized spacial score (nSPS) is 21.6. The van der Waals surface area contributed by atoms with Gasteiger partial charge in [0, 0.05) is 53.9 Å². The van der Waals surface area contributed by atoms with Crippen molar-refractivity contribution in [2.24, 2.45) is 5.92 Å². The highest BCUT2D eigenvalue weighted by molar-refractivity contribution is 7.85. The van der Waals surface area contributed by atoms with Gasteiger partial charge >= 0.3 is 0 Å². The summed E-state index contributed by atoms with van der Waals surface area (Å²) < 4.78 is 24.4. The molecule has 1 N–H and O–H groups in total. The Morgan fingerprint density at radius 1 is 1.35 bits per heavy atom. The predicted molar refractivity (Wildman–Crippen MR) is 87.0 cm³/mol. The molecule has 2 unspecified atom stereocenters. The number of benzene rings is 1. The molecule has 7 heteroatoms. The number of amides is 2. The molecule has 1 aromatic rings. The summed E-state index contributed by atoms with van der Waals surface area (Å²) in [7, 11) is -0.859. The molecule has 0 bridgehead atoms. The Morgan fingerprint density at radius 3 is 2.74 bits per heavy atom. The molecule has 5 nitrogen and oxygen atoms in total. The summed E-state index contributed by atoms with van der Waals surface area (Å²) in [6.45, 7) is 3.32. The molecule has 2 rings (SSSR count). The van der Waals surface area contributed by atoms with Crippen LogP contribution in [0.2, 0.25) is 0 Å². The van der Waals surface area contributed by atoms with E-state index in [0.717, 1.165) is 0 Å². The average Bonchev–Trinajstić information content (AvgIpc) is 2.68. The SMILES string of the molecule is CC1CN(C(=O)CCNC(=O)c2ccc(F)cc2)CCS(=O)C1. The van der Waals surface area contributed by atoms with Crippen molar-refractivity contribution in [2.45, 2.75) is 13.3 Å². The molecule has 1 fully saturated rings. The number of hydrogen-bond donors (Lipinski definition) is 1. The first-order chi connectivity index (χ1) is 11.0. The number of rotatable bonds is 4. The van der Waals surface area contributed by atoms with E-state index in [1.54, 1.807) is 4.90 Å². The smallest absolute Gasteiger partial charge is 0.251 e. The highest BCUT2D eigenvalue weighted by atomic mass is 32.2. The lowest BCUT2D eigenvalue weighted by atomic mass is 10.2. The molecule has 1 aliphatic rings. The predicted octanol–water partition coefficient (Wildman–Crippen LogP) is 1.17. The minimum Gasteiger partial charge on any atom is -0.352 e. The third-order valence-corrected chi connectivity index (χ3v) is 5.25. The molecule has 1 saturated heterocycles. The molecule has 1 aromatic carbocycles. The molecular formula is C16H21FN2O3S. The van der Waals surface area contributed by atoms with E-state index in [0.29, 0.717) is 30.2 Å². The molecule has 0 saturated carbocycles. The van der Waals surface area contributed by atoms with E-state index in [9.17, 15) is 18.2 Å². The number of carbonyl (C=O) groups excluding carboxylic acids is 2. The van der Waals surface area contributed by atoms with Crippen molar-refractivity contribution in [3.05, 3.63) is 35.6 Å². The molecule has 2 amide bonds. The zero-order valence-electron chi connectivity index (χ0n) is 13.1. The van der Waals surface area contributed by atoms with E-state index in [1.165, 1.54) is 24.3 Å². The van der Waals surface area contributed by atoms with Crippen molar-refractivity contribution in [1.29, 1.82) is 0 Å². The molecule has 2 atom stereocenters. The van der Waals surface area contributed by atoms with Gasteiger partial charge in [-0.3, -0.25) is 13.8 Å². The Balaban J connectivity index is 1.79. The van der Waals surface area contributed by atoms with Crippen molar-refractivity contribution in [2.75, 3.05) is 31.1 Å². The molecule has 1 aliphatic heterocycles. The quantitative estimate of drug-likeness (QED) is 0.895. The van der Waals surface area contributed by atoms with Crippen LogP contribution in [0.4, 0.5) is 4.39 Å². The Bertz CT molecular complexity index is 591. The Kier molecular flexibility index (Phi) is 6.27. The summed E-state index contributed by atoms with van der Waals surface area (Å²) in [5.74, 6) is 0.585. The summed E-state index contributed by atoms with van der Waals surface area (Å²) in [4.78, 5) is 25.8. The second kappa shape index (κ2) is 8.19. The number of hydrogen-bond acceptors (Lipinski definition) is 3. The zero-order chi connectivity index (χ0) is 16.8. The maximum absolute atomic E-state index is 12.8. The maximum atomic E-state index is 12.8. The molecule has 0 aromatic heterocycles. The number of nitrogens with zero attached hydrogens (tertiary/aromatic N) is 1. The van der Waals surface area contributed by atoms with E-state index in [2.05, 4.69) is 5.32 Å². The lowest BCUT2D eigenvalue weighted by molar-refractivity contribution is -0.131. The fourth-order valence-corrected chi connectivity index (χ4v) is 3.83. The molecular weight excluding hydrogens is 319 g/mol. The van der Waals surface area contributed by atoms with Gasteiger partial charge in [-0.2, -0.15) is 0 Å². The highest BCUT2D eigenvalue weighted by Crippen LogP contribution is 2.09. The van der Waals surface area contributed by atoms with Gasteiger partial charge in [0.25, 0.3) is 5.91 Å². The van der Waals surface area contributed by atoms with Crippen molar-refractivity contribution in [3.63, 3.8) is 0 Å². The van der Waals surface area contributed by atoms with Gasteiger partial charge in [0.15, 0.2) is 0 Å². The standard InChI is InChI=1S/C16H21FN2O3S/c1-12-10-19(8-9-23(22)11-12)15(20)6-7-18-16(21)13-2-4-14(17)5-3-13/h2-5,12H,6-11H2,1H3,(H,18,21). The lowest BCUT2D eigenvalue weighted by Gasteiger charge is -2.22. The molecule has 0 radical (unpaired) electrons. The minimum absolute atomic E-state index is 0.0462. The maximum Gasteiger partial charge on any atom is 0.251 e. The van der Waals surface area contributed by atoms with Gasteiger partial charge in [-0.25, -0.2) is 4.39 Å². The van der Waals surface area contributed by atoms with Gasteiger partial charge in [0.2, 0.25) is 5.91 Å². The highest BCUT2D eigenvalue weighted by Gasteiger charge is 2.22. The summed E-state index contributed by atoms with van der Waals surface area (Å²) in [5.41, 5.74) is 0.359. The first-order valence-corrected chi connectivity index (χ1v) is 9.11. The van der Waals surface area contributed by atoms with Gasteiger partial charge in [-0.1, -0.05) is 6.92 Å². The van der Waals surface area contributed by atoms with Crippen molar-refractivity contribution < 1.29 is 18.2 Å². The molecule has 1 heterocycles. The van der Waals surface area contributed by atoms with Crippen molar-refractivity contribution in [3.8, 4) is 0 Å². The largest absolute Gasteiger partial charge is 0.352 e. The minimum atomic E-state index is -0.859. The fourth-order valence-electron chi connectivity index (χ4n) is 2.50.